The number of urea groups is 1. The Morgan fingerprint density at radius 1 is 1.20 bits per heavy atom. The Morgan fingerprint density at radius 3 is 2.32 bits per heavy atom. The number of carbonyl (C=O) groups excluding carboxylic acids is 3. The Morgan fingerprint density at radius 2 is 1.80 bits per heavy atom. The first kappa shape index (κ1) is 22.9. The molecule has 1 aromatic carbocycles. The average molecular weight is 358 g/mol. The summed E-state index contributed by atoms with van der Waals surface area (Å²) < 4.78 is 5.01. The smallest absolute Gasteiger partial charge is 0.548 e. The van der Waals surface area contributed by atoms with Crippen molar-refractivity contribution in [3.63, 3.8) is 0 Å². The molecule has 25 heavy (non-hydrogen) atoms. The molecule has 10 heteroatoms. The van der Waals surface area contributed by atoms with Gasteiger partial charge in [0.15, 0.2) is 0 Å². The molecule has 1 rings (SSSR count). The number of benzene rings is 1. The number of nitrogens with zero attached hydrogens (tertiary/aromatic N) is 1. The maximum absolute atomic E-state index is 11.4. The van der Waals surface area contributed by atoms with Crippen LogP contribution >= 0.6 is 0 Å². The van der Waals surface area contributed by atoms with E-state index in [-0.39, 0.29) is 29.6 Å². The van der Waals surface area contributed by atoms with E-state index < -0.39 is 30.2 Å². The summed E-state index contributed by atoms with van der Waals surface area (Å²) in [7, 11) is 0. The summed E-state index contributed by atoms with van der Waals surface area (Å²) in [6.45, 7) is 4.65. The summed E-state index contributed by atoms with van der Waals surface area (Å²) in [6.07, 6.45) is 0.741. The maximum Gasteiger partial charge on any atom is 1.00 e. The zero-order valence-electron chi connectivity index (χ0n) is 14.6. The molecule has 0 saturated carbocycles. The summed E-state index contributed by atoms with van der Waals surface area (Å²) in [6, 6.07) is 5.82. The van der Waals surface area contributed by atoms with Gasteiger partial charge in [0.2, 0.25) is 0 Å². The second-order valence-corrected chi connectivity index (χ2v) is 5.67. The van der Waals surface area contributed by atoms with Gasteiger partial charge >= 0.3 is 41.7 Å². The third-order valence-corrected chi connectivity index (χ3v) is 2.33. The van der Waals surface area contributed by atoms with Crippen LogP contribution in [-0.2, 0) is 9.53 Å². The largest absolute Gasteiger partial charge is 1.00 e. The molecule has 3 amide bonds. The standard InChI is InChI=1S/C15H20N4O5.Na/c1-15(2,3)24-14(23)19-17-8-10-4-6-11(7-5-10)18-13(22)16-9-12(20)21;/h4-8H,9H2,1-3H3,(H,19,23)(H,20,21)(H2,16,18,22);/q;+1/p-1. The molecule has 0 saturated heterocycles. The van der Waals surface area contributed by atoms with Crippen molar-refractivity contribution in [2.45, 2.75) is 26.4 Å². The Kier molecular flexibility index (Phi) is 9.80. The Labute approximate surface area is 167 Å². The van der Waals surface area contributed by atoms with Crippen molar-refractivity contribution < 1.29 is 53.8 Å². The van der Waals surface area contributed by atoms with Gasteiger partial charge in [-0.1, -0.05) is 12.1 Å². The Hall–Kier alpha value is -2.10. The van der Waals surface area contributed by atoms with E-state index in [0.717, 1.165) is 0 Å². The van der Waals surface area contributed by atoms with Gasteiger partial charge in [0.05, 0.1) is 18.7 Å². The van der Waals surface area contributed by atoms with Gasteiger partial charge < -0.3 is 25.3 Å². The van der Waals surface area contributed by atoms with Crippen LogP contribution in [0.3, 0.4) is 0 Å². The molecular formula is C15H19N4NaO5. The molecule has 0 aliphatic heterocycles. The van der Waals surface area contributed by atoms with Gasteiger partial charge in [0, 0.05) is 5.69 Å². The van der Waals surface area contributed by atoms with Crippen molar-refractivity contribution in [1.29, 1.82) is 0 Å². The average Bonchev–Trinajstić information content (AvgIpc) is 2.45. The molecule has 9 nitrogen and oxygen atoms in total. The molecular weight excluding hydrogens is 339 g/mol. The summed E-state index contributed by atoms with van der Waals surface area (Å²) in [5.41, 5.74) is 2.76. The predicted molar refractivity (Wildman–Crippen MR) is 85.4 cm³/mol. The van der Waals surface area contributed by atoms with Crippen LogP contribution in [0.5, 0.6) is 0 Å². The molecule has 0 fully saturated rings. The number of amides is 3. The van der Waals surface area contributed by atoms with Gasteiger partial charge in [0.25, 0.3) is 0 Å². The van der Waals surface area contributed by atoms with Crippen molar-refractivity contribution in [3.8, 4) is 0 Å². The second kappa shape index (κ2) is 10.7. The number of nitrogens with one attached hydrogen (secondary N) is 3. The fraction of sp³-hybridized carbons (Fsp3) is 0.333. The molecule has 0 unspecified atom stereocenters. The molecule has 0 heterocycles. The van der Waals surface area contributed by atoms with E-state index in [9.17, 15) is 19.5 Å². The molecule has 0 aliphatic rings. The number of ether oxygens (including phenoxy) is 1. The molecule has 0 radical (unpaired) electrons. The molecule has 0 aromatic heterocycles. The zero-order valence-corrected chi connectivity index (χ0v) is 16.6. The van der Waals surface area contributed by atoms with Crippen molar-refractivity contribution in [2.24, 2.45) is 5.10 Å². The van der Waals surface area contributed by atoms with E-state index in [1.54, 1.807) is 45.0 Å². The van der Waals surface area contributed by atoms with Crippen LogP contribution in [0, 0.1) is 0 Å². The van der Waals surface area contributed by atoms with Gasteiger partial charge in [-0.05, 0) is 38.5 Å². The van der Waals surface area contributed by atoms with Crippen LogP contribution in [0.2, 0.25) is 0 Å². The van der Waals surface area contributed by atoms with Crippen LogP contribution < -0.4 is 50.7 Å². The number of hydrazone groups is 1. The first-order chi connectivity index (χ1) is 11.2. The fourth-order valence-electron chi connectivity index (χ4n) is 1.44. The van der Waals surface area contributed by atoms with E-state index in [2.05, 4.69) is 21.2 Å². The van der Waals surface area contributed by atoms with E-state index in [1.807, 2.05) is 0 Å². The quantitative estimate of drug-likeness (QED) is 0.302. The van der Waals surface area contributed by atoms with E-state index in [0.29, 0.717) is 11.3 Å². The molecule has 130 valence electrons. The van der Waals surface area contributed by atoms with Crippen LogP contribution in [0.25, 0.3) is 0 Å². The molecule has 1 aromatic rings. The molecule has 3 N–H and O–H groups in total. The topological polar surface area (TPSA) is 132 Å². The Balaban J connectivity index is 0.00000576. The number of carbonyl (C=O) groups is 3. The maximum atomic E-state index is 11.4. The van der Waals surface area contributed by atoms with Crippen molar-refractivity contribution in [2.75, 3.05) is 11.9 Å². The minimum Gasteiger partial charge on any atom is -0.548 e. The van der Waals surface area contributed by atoms with Crippen molar-refractivity contribution in [1.82, 2.24) is 10.7 Å². The minimum atomic E-state index is -1.38. The molecule has 0 atom stereocenters. The number of carboxylic acid groups (broad SMARTS) is 1. The third-order valence-electron chi connectivity index (χ3n) is 2.33. The van der Waals surface area contributed by atoms with Gasteiger partial charge in [-0.2, -0.15) is 5.10 Å². The van der Waals surface area contributed by atoms with Gasteiger partial charge in [-0.15, -0.1) is 0 Å². The van der Waals surface area contributed by atoms with Gasteiger partial charge in [0.1, 0.15) is 5.60 Å². The number of anilines is 1. The number of hydrogen-bond acceptors (Lipinski definition) is 6. The minimum absolute atomic E-state index is 0. The molecule has 0 aliphatic carbocycles. The summed E-state index contributed by atoms with van der Waals surface area (Å²) in [5, 5.41) is 18.5. The van der Waals surface area contributed by atoms with Gasteiger partial charge in [-0.25, -0.2) is 15.0 Å². The van der Waals surface area contributed by atoms with E-state index in [1.165, 1.54) is 6.21 Å². The van der Waals surface area contributed by atoms with E-state index in [4.69, 9.17) is 4.74 Å². The summed E-state index contributed by atoms with van der Waals surface area (Å²) in [4.78, 5) is 33.0. The van der Waals surface area contributed by atoms with Crippen molar-refractivity contribution >= 4 is 30.0 Å². The first-order valence-electron chi connectivity index (χ1n) is 7.02. The van der Waals surface area contributed by atoms with Crippen LogP contribution in [0.15, 0.2) is 29.4 Å². The van der Waals surface area contributed by atoms with Crippen LogP contribution in [0.1, 0.15) is 26.3 Å². The number of hydrogen-bond donors (Lipinski definition) is 3. The fourth-order valence-corrected chi connectivity index (χ4v) is 1.44. The second-order valence-electron chi connectivity index (χ2n) is 5.67. The Bertz CT molecular complexity index is 626. The first-order valence-corrected chi connectivity index (χ1v) is 7.02. The van der Waals surface area contributed by atoms with E-state index >= 15 is 0 Å². The molecule has 0 spiro atoms. The molecule has 0 bridgehead atoms. The third kappa shape index (κ3) is 11.1. The van der Waals surface area contributed by atoms with Crippen molar-refractivity contribution in [3.05, 3.63) is 29.8 Å². The van der Waals surface area contributed by atoms with Gasteiger partial charge in [-0.3, -0.25) is 0 Å². The monoisotopic (exact) mass is 358 g/mol. The number of carboxylic acids is 1. The number of aliphatic carboxylic acids is 1. The SMILES string of the molecule is CC(C)(C)OC(=O)NN=Cc1ccc(NC(=O)NCC(=O)[O-])cc1.[Na+]. The normalized spacial score (nSPS) is 10.5. The number of rotatable bonds is 5. The zero-order chi connectivity index (χ0) is 18.2. The predicted octanol–water partition coefficient (Wildman–Crippen LogP) is -2.58. The van der Waals surface area contributed by atoms with Crippen LogP contribution in [0.4, 0.5) is 15.3 Å². The summed E-state index contributed by atoms with van der Waals surface area (Å²) >= 11 is 0. The summed E-state index contributed by atoms with van der Waals surface area (Å²) in [5.74, 6) is -1.38. The van der Waals surface area contributed by atoms with Crippen LogP contribution in [-0.4, -0.2) is 36.5 Å².